The van der Waals surface area contributed by atoms with Crippen LogP contribution in [0.5, 0.6) is 5.75 Å². The number of nitriles is 1. The molecule has 0 spiro atoms. The summed E-state index contributed by atoms with van der Waals surface area (Å²) in [6, 6.07) is 10.1. The van der Waals surface area contributed by atoms with Gasteiger partial charge >= 0.3 is 0 Å². The number of pyridine rings is 1. The molecule has 26 heavy (non-hydrogen) atoms. The molecule has 1 aromatic carbocycles. The molecule has 0 bridgehead atoms. The molecule has 1 amide bonds. The summed E-state index contributed by atoms with van der Waals surface area (Å²) in [7, 11) is 0. The monoisotopic (exact) mass is 345 g/mol. The fraction of sp³-hybridized carbons (Fsp3) is 0. The van der Waals surface area contributed by atoms with Gasteiger partial charge in [0.05, 0.1) is 23.6 Å². The maximum absolute atomic E-state index is 12.4. The van der Waals surface area contributed by atoms with E-state index < -0.39 is 5.91 Å². The predicted octanol–water partition coefficient (Wildman–Crippen LogP) is 3.05. The minimum Gasteiger partial charge on any atom is -0.505 e. The number of carbonyl (C=O) groups is 1. The Hall–Kier alpha value is -4.12. The largest absolute Gasteiger partial charge is 0.505 e. The first-order chi connectivity index (χ1) is 12.7. The Morgan fingerprint density at radius 1 is 1.31 bits per heavy atom. The third-order valence-corrected chi connectivity index (χ3v) is 3.83. The van der Waals surface area contributed by atoms with Crippen LogP contribution in [0.2, 0.25) is 0 Å². The Morgan fingerprint density at radius 2 is 2.19 bits per heavy atom. The zero-order valence-electron chi connectivity index (χ0n) is 13.2. The van der Waals surface area contributed by atoms with E-state index in [0.29, 0.717) is 11.4 Å². The first-order valence-electron chi connectivity index (χ1n) is 7.57. The highest BCUT2D eigenvalue weighted by Gasteiger charge is 2.15. The zero-order chi connectivity index (χ0) is 18.1. The smallest absolute Gasteiger partial charge is 0.278 e. The molecule has 0 aliphatic rings. The quantitative estimate of drug-likeness (QED) is 0.523. The second-order valence-electron chi connectivity index (χ2n) is 5.50. The molecule has 8 nitrogen and oxygen atoms in total. The molecule has 126 valence electrons. The van der Waals surface area contributed by atoms with Crippen molar-refractivity contribution in [1.82, 2.24) is 15.2 Å². The number of amides is 1. The topological polar surface area (TPSA) is 128 Å². The number of H-pyrrole nitrogens is 1. The average Bonchev–Trinajstić information content (AvgIpc) is 3.30. The lowest BCUT2D eigenvalue weighted by Crippen LogP contribution is -2.14. The van der Waals surface area contributed by atoms with Crippen LogP contribution in [0.4, 0.5) is 5.69 Å². The van der Waals surface area contributed by atoms with Gasteiger partial charge in [-0.15, -0.1) is 0 Å². The van der Waals surface area contributed by atoms with E-state index in [1.165, 1.54) is 12.3 Å². The fourth-order valence-electron chi connectivity index (χ4n) is 2.59. The standard InChI is InChI=1S/C18H11N5O3/c19-7-10-5-15(24)17(20-8-10)18(25)21-12-1-2-14-13(6-12)16(23-22-14)11-3-4-26-9-11/h1-6,8-9,24H,(H,21,25)(H,22,23). The van der Waals surface area contributed by atoms with Gasteiger partial charge < -0.3 is 14.8 Å². The van der Waals surface area contributed by atoms with Crippen LogP contribution in [0, 0.1) is 11.3 Å². The van der Waals surface area contributed by atoms with E-state index >= 15 is 0 Å². The molecule has 0 unspecified atom stereocenters. The Balaban J connectivity index is 1.66. The first kappa shape index (κ1) is 15.4. The second-order valence-corrected chi connectivity index (χ2v) is 5.50. The number of nitrogens with zero attached hydrogens (tertiary/aromatic N) is 3. The van der Waals surface area contributed by atoms with E-state index in [4.69, 9.17) is 9.68 Å². The number of carbonyl (C=O) groups excluding carboxylic acids is 1. The lowest BCUT2D eigenvalue weighted by molar-refractivity contribution is 0.101. The Bertz CT molecular complexity index is 1160. The van der Waals surface area contributed by atoms with Gasteiger partial charge in [0.15, 0.2) is 5.69 Å². The number of rotatable bonds is 3. The summed E-state index contributed by atoms with van der Waals surface area (Å²) in [5, 5.41) is 29.4. The van der Waals surface area contributed by atoms with Gasteiger partial charge in [0, 0.05) is 28.9 Å². The number of fused-ring (bicyclic) bond motifs is 1. The van der Waals surface area contributed by atoms with Crippen LogP contribution in [0.15, 0.2) is 53.5 Å². The van der Waals surface area contributed by atoms with Crippen molar-refractivity contribution in [2.45, 2.75) is 0 Å². The van der Waals surface area contributed by atoms with Crippen molar-refractivity contribution in [1.29, 1.82) is 5.26 Å². The van der Waals surface area contributed by atoms with E-state index in [-0.39, 0.29) is 17.0 Å². The molecule has 0 aliphatic carbocycles. The Morgan fingerprint density at radius 3 is 2.92 bits per heavy atom. The van der Waals surface area contributed by atoms with Gasteiger partial charge in [0.1, 0.15) is 17.5 Å². The first-order valence-corrected chi connectivity index (χ1v) is 7.57. The SMILES string of the molecule is N#Cc1cnc(C(=O)Nc2ccc3[nH]nc(-c4ccoc4)c3c2)c(O)c1. The Labute approximate surface area is 146 Å². The normalized spacial score (nSPS) is 10.6. The molecule has 3 heterocycles. The third kappa shape index (κ3) is 2.63. The van der Waals surface area contributed by atoms with Gasteiger partial charge in [0.2, 0.25) is 0 Å². The third-order valence-electron chi connectivity index (χ3n) is 3.83. The molecule has 4 rings (SSSR count). The molecule has 0 saturated heterocycles. The van der Waals surface area contributed by atoms with Crippen LogP contribution >= 0.6 is 0 Å². The number of hydrogen-bond donors (Lipinski definition) is 3. The lowest BCUT2D eigenvalue weighted by Gasteiger charge is -2.06. The minimum atomic E-state index is -0.584. The average molecular weight is 345 g/mol. The summed E-state index contributed by atoms with van der Waals surface area (Å²) in [4.78, 5) is 16.2. The van der Waals surface area contributed by atoms with Gasteiger partial charge in [-0.1, -0.05) is 0 Å². The summed E-state index contributed by atoms with van der Waals surface area (Å²) in [6.07, 6.45) is 4.37. The van der Waals surface area contributed by atoms with Crippen LogP contribution in [0.3, 0.4) is 0 Å². The summed E-state index contributed by atoms with van der Waals surface area (Å²) >= 11 is 0. The molecule has 0 aliphatic heterocycles. The molecule has 3 N–H and O–H groups in total. The number of hydrogen-bond acceptors (Lipinski definition) is 6. The van der Waals surface area contributed by atoms with Crippen LogP contribution in [0.25, 0.3) is 22.2 Å². The van der Waals surface area contributed by atoms with Crippen LogP contribution in [-0.4, -0.2) is 26.2 Å². The maximum Gasteiger partial charge on any atom is 0.278 e. The number of benzene rings is 1. The highest BCUT2D eigenvalue weighted by atomic mass is 16.3. The van der Waals surface area contributed by atoms with Gasteiger partial charge in [-0.2, -0.15) is 10.4 Å². The van der Waals surface area contributed by atoms with Crippen molar-refractivity contribution in [2.75, 3.05) is 5.32 Å². The molecule has 0 radical (unpaired) electrons. The molecule has 4 aromatic rings. The fourth-order valence-corrected chi connectivity index (χ4v) is 2.59. The molecule has 8 heteroatoms. The number of aromatic hydroxyl groups is 1. The number of aromatic nitrogens is 3. The summed E-state index contributed by atoms with van der Waals surface area (Å²) in [6.45, 7) is 0. The van der Waals surface area contributed by atoms with Gasteiger partial charge in [-0.3, -0.25) is 9.89 Å². The van der Waals surface area contributed by atoms with Crippen LogP contribution in [-0.2, 0) is 0 Å². The molecule has 3 aromatic heterocycles. The molecule has 0 saturated carbocycles. The molecular weight excluding hydrogens is 334 g/mol. The highest BCUT2D eigenvalue weighted by Crippen LogP contribution is 2.29. The predicted molar refractivity (Wildman–Crippen MR) is 92.4 cm³/mol. The molecule has 0 atom stereocenters. The lowest BCUT2D eigenvalue weighted by atomic mass is 10.1. The molecular formula is C18H11N5O3. The van der Waals surface area contributed by atoms with Crippen molar-refractivity contribution in [3.8, 4) is 23.1 Å². The van der Waals surface area contributed by atoms with E-state index in [0.717, 1.165) is 16.5 Å². The second kappa shape index (κ2) is 6.07. The van der Waals surface area contributed by atoms with E-state index in [9.17, 15) is 9.90 Å². The van der Waals surface area contributed by atoms with Crippen LogP contribution in [0.1, 0.15) is 16.1 Å². The van der Waals surface area contributed by atoms with Crippen molar-refractivity contribution < 1.29 is 14.3 Å². The summed E-state index contributed by atoms with van der Waals surface area (Å²) in [5.74, 6) is -0.940. The van der Waals surface area contributed by atoms with Crippen LogP contribution < -0.4 is 5.32 Å². The minimum absolute atomic E-state index is 0.161. The number of furan rings is 1. The number of aromatic amines is 1. The van der Waals surface area contributed by atoms with Crippen molar-refractivity contribution >= 4 is 22.5 Å². The van der Waals surface area contributed by atoms with Crippen molar-refractivity contribution in [2.24, 2.45) is 0 Å². The van der Waals surface area contributed by atoms with E-state index in [1.54, 1.807) is 36.8 Å². The molecule has 0 fully saturated rings. The highest BCUT2D eigenvalue weighted by molar-refractivity contribution is 6.06. The van der Waals surface area contributed by atoms with Crippen molar-refractivity contribution in [3.05, 3.63) is 60.3 Å². The van der Waals surface area contributed by atoms with Gasteiger partial charge in [0.25, 0.3) is 5.91 Å². The van der Waals surface area contributed by atoms with Gasteiger partial charge in [-0.25, -0.2) is 4.98 Å². The van der Waals surface area contributed by atoms with E-state index in [1.807, 2.05) is 6.07 Å². The van der Waals surface area contributed by atoms with Gasteiger partial charge in [-0.05, 0) is 24.3 Å². The zero-order valence-corrected chi connectivity index (χ0v) is 13.2. The number of anilines is 1. The maximum atomic E-state index is 12.4. The van der Waals surface area contributed by atoms with Crippen molar-refractivity contribution in [3.63, 3.8) is 0 Å². The Kier molecular flexibility index (Phi) is 3.60. The summed E-state index contributed by atoms with van der Waals surface area (Å²) < 4.78 is 5.09. The number of nitrogens with one attached hydrogen (secondary N) is 2. The summed E-state index contributed by atoms with van der Waals surface area (Å²) in [5.41, 5.74) is 2.84. The van der Waals surface area contributed by atoms with E-state index in [2.05, 4.69) is 20.5 Å².